The zero-order valence-electron chi connectivity index (χ0n) is 16.9. The number of rotatable bonds is 6. The van der Waals surface area contributed by atoms with Crippen LogP contribution in [0.1, 0.15) is 33.9 Å². The minimum atomic E-state index is -4.32. The number of benzene rings is 1. The maximum Gasteiger partial charge on any atom is 0.416 e. The van der Waals surface area contributed by atoms with Crippen molar-refractivity contribution < 1.29 is 22.4 Å². The number of hydrogen-bond donors (Lipinski definition) is 3. The Morgan fingerprint density at radius 1 is 1.26 bits per heavy atom. The molecule has 1 amide bonds. The summed E-state index contributed by atoms with van der Waals surface area (Å²) < 4.78 is 43.4. The highest BCUT2D eigenvalue weighted by molar-refractivity contribution is 14.0. The molecule has 1 aromatic carbocycles. The van der Waals surface area contributed by atoms with Crippen molar-refractivity contribution in [1.29, 1.82) is 0 Å². The van der Waals surface area contributed by atoms with Crippen molar-refractivity contribution in [1.82, 2.24) is 15.5 Å². The predicted octanol–water partition coefficient (Wildman–Crippen LogP) is 2.95. The summed E-state index contributed by atoms with van der Waals surface area (Å²) >= 11 is 0. The summed E-state index contributed by atoms with van der Waals surface area (Å²) in [5.41, 5.74) is 5.37. The summed E-state index contributed by atoms with van der Waals surface area (Å²) in [6, 6.07) is 8.62. The van der Waals surface area contributed by atoms with E-state index in [1.165, 1.54) is 18.2 Å². The molecule has 1 aromatic heterocycles. The van der Waals surface area contributed by atoms with Gasteiger partial charge in [0.25, 0.3) is 5.91 Å². The van der Waals surface area contributed by atoms with Crippen LogP contribution in [0.2, 0.25) is 0 Å². The molecule has 4 N–H and O–H groups in total. The fourth-order valence-corrected chi connectivity index (χ4v) is 3.32. The van der Waals surface area contributed by atoms with Crippen LogP contribution in [0, 0.1) is 0 Å². The van der Waals surface area contributed by atoms with Crippen LogP contribution in [0.4, 0.5) is 13.2 Å². The van der Waals surface area contributed by atoms with E-state index in [1.54, 1.807) is 13.1 Å². The molecule has 3 rings (SSSR count). The standard InChI is InChI=1S/C20H24F3N5O2.HI/c1-25-19(26-10-16-6-7-17(30-16)18(24)29)27-15-8-9-28(12-15)11-13-2-4-14(5-3-13)20(21,22)23;/h2-7,15H,8-12H2,1H3,(H2,24,29)(H2,25,26,27);1H. The summed E-state index contributed by atoms with van der Waals surface area (Å²) in [6.45, 7) is 2.50. The molecule has 0 saturated carbocycles. The van der Waals surface area contributed by atoms with Crippen LogP contribution in [-0.4, -0.2) is 42.9 Å². The van der Waals surface area contributed by atoms with E-state index in [9.17, 15) is 18.0 Å². The molecule has 0 radical (unpaired) electrons. The van der Waals surface area contributed by atoms with E-state index >= 15 is 0 Å². The number of carbonyl (C=O) groups excluding carboxylic acids is 1. The van der Waals surface area contributed by atoms with Gasteiger partial charge in [0.2, 0.25) is 0 Å². The summed E-state index contributed by atoms with van der Waals surface area (Å²) in [6.07, 6.45) is -3.44. The first-order valence-electron chi connectivity index (χ1n) is 9.49. The summed E-state index contributed by atoms with van der Waals surface area (Å²) in [7, 11) is 1.65. The van der Waals surface area contributed by atoms with Gasteiger partial charge in [0.1, 0.15) is 5.76 Å². The molecule has 11 heteroatoms. The summed E-state index contributed by atoms with van der Waals surface area (Å²) in [5, 5.41) is 6.44. The molecule has 31 heavy (non-hydrogen) atoms. The van der Waals surface area contributed by atoms with Gasteiger partial charge in [-0.05, 0) is 36.2 Å². The van der Waals surface area contributed by atoms with Crippen LogP contribution in [0.3, 0.4) is 0 Å². The van der Waals surface area contributed by atoms with Gasteiger partial charge in [-0.15, -0.1) is 24.0 Å². The van der Waals surface area contributed by atoms with Crippen molar-refractivity contribution in [3.8, 4) is 0 Å². The molecular weight excluding hydrogens is 526 g/mol. The van der Waals surface area contributed by atoms with Gasteiger partial charge in [0, 0.05) is 32.7 Å². The highest BCUT2D eigenvalue weighted by Crippen LogP contribution is 2.29. The maximum atomic E-state index is 12.7. The molecule has 1 aliphatic rings. The van der Waals surface area contributed by atoms with Crippen molar-refractivity contribution in [3.63, 3.8) is 0 Å². The second kappa shape index (κ2) is 10.8. The molecule has 7 nitrogen and oxygen atoms in total. The molecule has 1 saturated heterocycles. The van der Waals surface area contributed by atoms with E-state index < -0.39 is 17.6 Å². The number of furan rings is 1. The van der Waals surface area contributed by atoms with Crippen LogP contribution in [0.15, 0.2) is 45.8 Å². The number of carbonyl (C=O) groups is 1. The van der Waals surface area contributed by atoms with Gasteiger partial charge in [-0.1, -0.05) is 12.1 Å². The first kappa shape index (κ1) is 25.0. The third kappa shape index (κ3) is 7.13. The number of likely N-dealkylation sites (tertiary alicyclic amines) is 1. The summed E-state index contributed by atoms with van der Waals surface area (Å²) in [5.74, 6) is 0.628. The van der Waals surface area contributed by atoms with Crippen molar-refractivity contribution in [2.45, 2.75) is 31.7 Å². The van der Waals surface area contributed by atoms with Gasteiger partial charge in [-0.3, -0.25) is 14.7 Å². The number of aliphatic imine (C=N–C) groups is 1. The zero-order valence-corrected chi connectivity index (χ0v) is 19.2. The van der Waals surface area contributed by atoms with E-state index in [1.807, 2.05) is 0 Å². The Morgan fingerprint density at radius 3 is 2.55 bits per heavy atom. The fourth-order valence-electron chi connectivity index (χ4n) is 3.32. The Kier molecular flexibility index (Phi) is 8.74. The molecule has 1 atom stereocenters. The number of nitrogens with two attached hydrogens (primary N) is 1. The lowest BCUT2D eigenvalue weighted by Gasteiger charge is -2.19. The van der Waals surface area contributed by atoms with Crippen LogP contribution in [-0.2, 0) is 19.3 Å². The number of amides is 1. The monoisotopic (exact) mass is 551 g/mol. The second-order valence-electron chi connectivity index (χ2n) is 7.12. The number of nitrogens with zero attached hydrogens (tertiary/aromatic N) is 2. The first-order chi connectivity index (χ1) is 14.2. The zero-order chi connectivity index (χ0) is 21.7. The molecule has 1 aliphatic heterocycles. The molecular formula is C20H25F3IN5O2. The van der Waals surface area contributed by atoms with Crippen LogP contribution in [0.25, 0.3) is 0 Å². The Balaban J connectivity index is 0.00000341. The lowest BCUT2D eigenvalue weighted by Crippen LogP contribution is -2.44. The van der Waals surface area contributed by atoms with Gasteiger partial charge >= 0.3 is 6.18 Å². The topological polar surface area (TPSA) is 95.9 Å². The second-order valence-corrected chi connectivity index (χ2v) is 7.12. The van der Waals surface area contributed by atoms with E-state index in [2.05, 4.69) is 20.5 Å². The molecule has 1 fully saturated rings. The molecule has 2 heterocycles. The highest BCUT2D eigenvalue weighted by Gasteiger charge is 2.30. The first-order valence-corrected chi connectivity index (χ1v) is 9.49. The molecule has 2 aromatic rings. The number of guanidine groups is 1. The van der Waals surface area contributed by atoms with Crippen molar-refractivity contribution in [3.05, 3.63) is 59.0 Å². The van der Waals surface area contributed by atoms with Crippen LogP contribution >= 0.6 is 24.0 Å². The molecule has 1 unspecified atom stereocenters. The van der Waals surface area contributed by atoms with Gasteiger partial charge in [0.05, 0.1) is 12.1 Å². The third-order valence-corrected chi connectivity index (χ3v) is 4.86. The number of halogens is 4. The van der Waals surface area contributed by atoms with E-state index in [0.29, 0.717) is 24.8 Å². The normalized spacial score (nSPS) is 17.3. The molecule has 0 spiro atoms. The fraction of sp³-hybridized carbons (Fsp3) is 0.400. The molecule has 0 bridgehead atoms. The largest absolute Gasteiger partial charge is 0.454 e. The predicted molar refractivity (Wildman–Crippen MR) is 121 cm³/mol. The smallest absolute Gasteiger partial charge is 0.416 e. The highest BCUT2D eigenvalue weighted by atomic mass is 127. The Bertz CT molecular complexity index is 899. The average molecular weight is 551 g/mol. The number of primary amides is 1. The van der Waals surface area contributed by atoms with Crippen molar-refractivity contribution in [2.24, 2.45) is 10.7 Å². The van der Waals surface area contributed by atoms with E-state index in [0.717, 1.165) is 37.2 Å². The van der Waals surface area contributed by atoms with Crippen LogP contribution in [0.5, 0.6) is 0 Å². The van der Waals surface area contributed by atoms with Gasteiger partial charge in [0.15, 0.2) is 11.7 Å². The van der Waals surface area contributed by atoms with Gasteiger partial charge in [-0.25, -0.2) is 0 Å². The summed E-state index contributed by atoms with van der Waals surface area (Å²) in [4.78, 5) is 17.4. The molecule has 0 aliphatic carbocycles. The third-order valence-electron chi connectivity index (χ3n) is 4.86. The van der Waals surface area contributed by atoms with Crippen molar-refractivity contribution >= 4 is 35.8 Å². The maximum absolute atomic E-state index is 12.7. The number of alkyl halides is 3. The lowest BCUT2D eigenvalue weighted by molar-refractivity contribution is -0.137. The average Bonchev–Trinajstić information content (AvgIpc) is 3.34. The number of hydrogen-bond acceptors (Lipinski definition) is 4. The quantitative estimate of drug-likeness (QED) is 0.292. The SMILES string of the molecule is CN=C(NCc1ccc(C(N)=O)o1)NC1CCN(Cc2ccc(C(F)(F)F)cc2)C1.I. The van der Waals surface area contributed by atoms with E-state index in [4.69, 9.17) is 10.2 Å². The van der Waals surface area contributed by atoms with Gasteiger partial charge < -0.3 is 20.8 Å². The number of nitrogens with one attached hydrogen (secondary N) is 2. The Labute approximate surface area is 195 Å². The minimum absolute atomic E-state index is 0. The minimum Gasteiger partial charge on any atom is -0.454 e. The molecule has 170 valence electrons. The Hall–Kier alpha value is -2.28. The van der Waals surface area contributed by atoms with Crippen molar-refractivity contribution in [2.75, 3.05) is 20.1 Å². The van der Waals surface area contributed by atoms with E-state index in [-0.39, 0.29) is 35.8 Å². The lowest BCUT2D eigenvalue weighted by atomic mass is 10.1. The van der Waals surface area contributed by atoms with Crippen LogP contribution < -0.4 is 16.4 Å². The van der Waals surface area contributed by atoms with Gasteiger partial charge in [-0.2, -0.15) is 13.2 Å². The Morgan fingerprint density at radius 2 is 1.97 bits per heavy atom.